The van der Waals surface area contributed by atoms with Gasteiger partial charge in [-0.1, -0.05) is 12.1 Å². The summed E-state index contributed by atoms with van der Waals surface area (Å²) in [4.78, 5) is 27.8. The average molecular weight is 437 g/mol. The van der Waals surface area contributed by atoms with E-state index in [2.05, 4.69) is 15.5 Å². The molecule has 9 nitrogen and oxygen atoms in total. The van der Waals surface area contributed by atoms with Gasteiger partial charge in [0, 0.05) is 50.1 Å². The predicted octanol–water partition coefficient (Wildman–Crippen LogP) is 2.26. The standard InChI is InChI=1S/C23H28N6O3/c1-4-28-14-17(13-25-28)23(31)27-11-10-20-19(15-27)21(26-29(20)5-2)22(30)24-12-16-6-8-18(32-3)9-7-16/h6-9,13-14H,4-5,10-12,15H2,1-3H3,(H,24,30). The molecule has 3 heterocycles. The molecule has 1 N–H and O–H groups in total. The van der Waals surface area contributed by atoms with E-state index in [1.807, 2.05) is 42.8 Å². The summed E-state index contributed by atoms with van der Waals surface area (Å²) in [6.45, 7) is 6.69. The molecule has 4 rings (SSSR count). The topological polar surface area (TPSA) is 94.3 Å². The Morgan fingerprint density at radius 2 is 1.94 bits per heavy atom. The molecule has 1 aliphatic rings. The smallest absolute Gasteiger partial charge is 0.272 e. The third kappa shape index (κ3) is 4.23. The van der Waals surface area contributed by atoms with Crippen molar-refractivity contribution in [2.24, 2.45) is 0 Å². The van der Waals surface area contributed by atoms with Crippen LogP contribution in [0.2, 0.25) is 0 Å². The largest absolute Gasteiger partial charge is 0.497 e. The monoisotopic (exact) mass is 436 g/mol. The van der Waals surface area contributed by atoms with Crippen molar-refractivity contribution in [3.8, 4) is 5.75 Å². The fourth-order valence-corrected chi connectivity index (χ4v) is 3.95. The molecule has 2 aromatic heterocycles. The third-order valence-corrected chi connectivity index (χ3v) is 5.75. The van der Waals surface area contributed by atoms with Crippen molar-refractivity contribution in [2.75, 3.05) is 13.7 Å². The van der Waals surface area contributed by atoms with Gasteiger partial charge in [0.2, 0.25) is 0 Å². The summed E-state index contributed by atoms with van der Waals surface area (Å²) in [5.41, 5.74) is 3.76. The predicted molar refractivity (Wildman–Crippen MR) is 118 cm³/mol. The summed E-state index contributed by atoms with van der Waals surface area (Å²) >= 11 is 0. The SMILES string of the molecule is CCn1cc(C(=O)N2CCc3c(c(C(=O)NCc4ccc(OC)cc4)nn3CC)C2)cn1. The summed E-state index contributed by atoms with van der Waals surface area (Å²) < 4.78 is 8.77. The van der Waals surface area contributed by atoms with E-state index < -0.39 is 0 Å². The number of fused-ring (bicyclic) bond motifs is 1. The number of carbonyl (C=O) groups is 2. The summed E-state index contributed by atoms with van der Waals surface area (Å²) in [5.74, 6) is 0.451. The Labute approximate surface area is 187 Å². The second-order valence-electron chi connectivity index (χ2n) is 7.68. The molecule has 0 saturated carbocycles. The summed E-state index contributed by atoms with van der Waals surface area (Å²) in [6, 6.07) is 7.55. The van der Waals surface area contributed by atoms with Crippen molar-refractivity contribution in [2.45, 2.75) is 46.4 Å². The molecule has 3 aromatic rings. The maximum absolute atomic E-state index is 13.0. The van der Waals surface area contributed by atoms with Gasteiger partial charge in [-0.05, 0) is 31.5 Å². The lowest BCUT2D eigenvalue weighted by molar-refractivity contribution is 0.0730. The molecule has 0 radical (unpaired) electrons. The van der Waals surface area contributed by atoms with E-state index >= 15 is 0 Å². The average Bonchev–Trinajstić information content (AvgIpc) is 3.46. The molecule has 0 aliphatic carbocycles. The Bertz CT molecular complexity index is 1120. The minimum absolute atomic E-state index is 0.0795. The fourth-order valence-electron chi connectivity index (χ4n) is 3.95. The van der Waals surface area contributed by atoms with Crippen LogP contribution in [0, 0.1) is 0 Å². The summed E-state index contributed by atoms with van der Waals surface area (Å²) in [6.07, 6.45) is 4.02. The lowest BCUT2D eigenvalue weighted by Crippen LogP contribution is -2.37. The van der Waals surface area contributed by atoms with E-state index in [1.165, 1.54) is 0 Å². The van der Waals surface area contributed by atoms with Gasteiger partial charge in [-0.2, -0.15) is 10.2 Å². The molecule has 0 saturated heterocycles. The number of amides is 2. The molecule has 0 unspecified atom stereocenters. The van der Waals surface area contributed by atoms with Crippen molar-refractivity contribution in [1.82, 2.24) is 29.8 Å². The number of methoxy groups -OCH3 is 1. The van der Waals surface area contributed by atoms with Crippen LogP contribution >= 0.6 is 0 Å². The van der Waals surface area contributed by atoms with Crippen LogP contribution < -0.4 is 10.1 Å². The van der Waals surface area contributed by atoms with E-state index in [0.29, 0.717) is 50.4 Å². The number of ether oxygens (including phenoxy) is 1. The number of hydrogen-bond donors (Lipinski definition) is 1. The number of benzene rings is 1. The highest BCUT2D eigenvalue weighted by molar-refractivity contribution is 5.96. The van der Waals surface area contributed by atoms with Gasteiger partial charge < -0.3 is 15.0 Å². The number of nitrogens with zero attached hydrogens (tertiary/aromatic N) is 5. The van der Waals surface area contributed by atoms with Crippen LogP contribution in [0.25, 0.3) is 0 Å². The van der Waals surface area contributed by atoms with Gasteiger partial charge in [-0.3, -0.25) is 19.0 Å². The van der Waals surface area contributed by atoms with Crippen molar-refractivity contribution >= 4 is 11.8 Å². The molecular formula is C23H28N6O3. The lowest BCUT2D eigenvalue weighted by Gasteiger charge is -2.27. The van der Waals surface area contributed by atoms with Crippen LogP contribution in [0.4, 0.5) is 0 Å². The van der Waals surface area contributed by atoms with Gasteiger partial charge in [0.25, 0.3) is 11.8 Å². The zero-order valence-corrected chi connectivity index (χ0v) is 18.7. The van der Waals surface area contributed by atoms with Crippen molar-refractivity contribution in [1.29, 1.82) is 0 Å². The van der Waals surface area contributed by atoms with Crippen LogP contribution in [0.15, 0.2) is 36.7 Å². The molecule has 9 heteroatoms. The van der Waals surface area contributed by atoms with Crippen LogP contribution in [0.3, 0.4) is 0 Å². The Balaban J connectivity index is 1.51. The molecule has 0 atom stereocenters. The molecule has 1 aliphatic heterocycles. The number of nitrogens with one attached hydrogen (secondary N) is 1. The van der Waals surface area contributed by atoms with Crippen LogP contribution in [0.1, 0.15) is 51.5 Å². The summed E-state index contributed by atoms with van der Waals surface area (Å²) in [7, 11) is 1.62. The third-order valence-electron chi connectivity index (χ3n) is 5.75. The number of rotatable bonds is 7. The molecule has 32 heavy (non-hydrogen) atoms. The Kier molecular flexibility index (Phi) is 6.25. The minimum atomic E-state index is -0.239. The molecule has 1 aromatic carbocycles. The highest BCUT2D eigenvalue weighted by Gasteiger charge is 2.30. The second-order valence-corrected chi connectivity index (χ2v) is 7.68. The summed E-state index contributed by atoms with van der Waals surface area (Å²) in [5, 5.41) is 11.7. The van der Waals surface area contributed by atoms with E-state index in [0.717, 1.165) is 22.6 Å². The first-order valence-electron chi connectivity index (χ1n) is 10.8. The van der Waals surface area contributed by atoms with E-state index in [4.69, 9.17) is 4.74 Å². The van der Waals surface area contributed by atoms with Gasteiger partial charge in [0.1, 0.15) is 5.75 Å². The van der Waals surface area contributed by atoms with Gasteiger partial charge in [-0.15, -0.1) is 0 Å². The lowest BCUT2D eigenvalue weighted by atomic mass is 10.0. The maximum atomic E-state index is 13.0. The number of carbonyl (C=O) groups excluding carboxylic acids is 2. The minimum Gasteiger partial charge on any atom is -0.497 e. The number of aromatic nitrogens is 4. The zero-order chi connectivity index (χ0) is 22.7. The molecule has 0 fully saturated rings. The number of hydrogen-bond acceptors (Lipinski definition) is 5. The van der Waals surface area contributed by atoms with Gasteiger partial charge in [-0.25, -0.2) is 0 Å². The Hall–Kier alpha value is -3.62. The number of aryl methyl sites for hydroxylation is 2. The zero-order valence-electron chi connectivity index (χ0n) is 18.7. The van der Waals surface area contributed by atoms with Crippen LogP contribution in [0.5, 0.6) is 5.75 Å². The molecule has 0 bridgehead atoms. The van der Waals surface area contributed by atoms with E-state index in [-0.39, 0.29) is 11.8 Å². The van der Waals surface area contributed by atoms with Gasteiger partial charge >= 0.3 is 0 Å². The first kappa shape index (κ1) is 21.6. The van der Waals surface area contributed by atoms with Crippen molar-refractivity contribution < 1.29 is 14.3 Å². The Morgan fingerprint density at radius 3 is 2.59 bits per heavy atom. The molecule has 2 amide bonds. The van der Waals surface area contributed by atoms with Gasteiger partial charge in [0.15, 0.2) is 5.69 Å². The highest BCUT2D eigenvalue weighted by atomic mass is 16.5. The maximum Gasteiger partial charge on any atom is 0.272 e. The molecule has 168 valence electrons. The fraction of sp³-hybridized carbons (Fsp3) is 0.391. The first-order valence-corrected chi connectivity index (χ1v) is 10.8. The van der Waals surface area contributed by atoms with Crippen LogP contribution in [-0.4, -0.2) is 49.9 Å². The van der Waals surface area contributed by atoms with Crippen LogP contribution in [-0.2, 0) is 32.6 Å². The van der Waals surface area contributed by atoms with Gasteiger partial charge in [0.05, 0.1) is 25.4 Å². The quantitative estimate of drug-likeness (QED) is 0.613. The first-order chi connectivity index (χ1) is 15.5. The highest BCUT2D eigenvalue weighted by Crippen LogP contribution is 2.24. The second kappa shape index (κ2) is 9.25. The normalized spacial score (nSPS) is 13.0. The van der Waals surface area contributed by atoms with E-state index in [1.54, 1.807) is 29.1 Å². The Morgan fingerprint density at radius 1 is 1.16 bits per heavy atom. The van der Waals surface area contributed by atoms with E-state index in [9.17, 15) is 9.59 Å². The molecular weight excluding hydrogens is 408 g/mol. The van der Waals surface area contributed by atoms with Crippen molar-refractivity contribution in [3.63, 3.8) is 0 Å². The van der Waals surface area contributed by atoms with Crippen molar-refractivity contribution in [3.05, 3.63) is 64.7 Å². The molecule has 0 spiro atoms.